The molecule has 15 heavy (non-hydrogen) atoms. The lowest BCUT2D eigenvalue weighted by molar-refractivity contribution is 0.465. The number of hydrogen-bond donors (Lipinski definition) is 1. The lowest BCUT2D eigenvalue weighted by Gasteiger charge is -2.10. The van der Waals surface area contributed by atoms with Gasteiger partial charge in [-0.3, -0.25) is 0 Å². The van der Waals surface area contributed by atoms with E-state index in [1.807, 2.05) is 6.92 Å². The molecule has 0 aromatic carbocycles. The smallest absolute Gasteiger partial charge is 0.193 e. The van der Waals surface area contributed by atoms with E-state index in [0.29, 0.717) is 17.5 Å². The second kappa shape index (κ2) is 5.01. The third-order valence-electron chi connectivity index (χ3n) is 1.81. The third-order valence-corrected chi connectivity index (χ3v) is 3.11. The van der Waals surface area contributed by atoms with Crippen molar-refractivity contribution in [2.24, 2.45) is 0 Å². The molecular weight excluding hydrogens is 238 g/mol. The third kappa shape index (κ3) is 5.20. The molecule has 4 nitrogen and oxygen atoms in total. The van der Waals surface area contributed by atoms with Gasteiger partial charge in [0.1, 0.15) is 15.6 Å². The molecule has 6 heteroatoms. The van der Waals surface area contributed by atoms with E-state index in [0.717, 1.165) is 0 Å². The lowest BCUT2D eigenvalue weighted by Crippen LogP contribution is -2.32. The topological polar surface area (TPSA) is 59.3 Å². The number of rotatable bonds is 5. The normalized spacial score (nSPS) is 14.1. The van der Waals surface area contributed by atoms with E-state index in [9.17, 15) is 8.42 Å². The van der Waals surface area contributed by atoms with E-state index in [2.05, 4.69) is 5.32 Å². The summed E-state index contributed by atoms with van der Waals surface area (Å²) in [6, 6.07) is 3.30. The summed E-state index contributed by atoms with van der Waals surface area (Å²) in [5.74, 6) is 0.807. The van der Waals surface area contributed by atoms with E-state index in [1.54, 1.807) is 12.1 Å². The second-order valence-electron chi connectivity index (χ2n) is 3.58. The molecule has 0 aliphatic rings. The van der Waals surface area contributed by atoms with Crippen LogP contribution in [0.1, 0.15) is 12.7 Å². The molecule has 0 saturated heterocycles. The number of hydrogen-bond acceptors (Lipinski definition) is 4. The van der Waals surface area contributed by atoms with Gasteiger partial charge in [-0.15, -0.1) is 0 Å². The second-order valence-corrected chi connectivity index (χ2v) is 6.14. The van der Waals surface area contributed by atoms with E-state index in [4.69, 9.17) is 16.0 Å². The van der Waals surface area contributed by atoms with E-state index in [1.165, 1.54) is 6.26 Å². The molecule has 1 atom stereocenters. The minimum absolute atomic E-state index is 0.108. The molecule has 1 aromatic rings. The first-order chi connectivity index (χ1) is 6.87. The van der Waals surface area contributed by atoms with Gasteiger partial charge in [-0.25, -0.2) is 8.42 Å². The number of furan rings is 1. The number of sulfone groups is 1. The van der Waals surface area contributed by atoms with E-state index >= 15 is 0 Å². The molecule has 0 bridgehead atoms. The Morgan fingerprint density at radius 3 is 2.67 bits per heavy atom. The Kier molecular flexibility index (Phi) is 4.19. The molecule has 1 N–H and O–H groups in total. The van der Waals surface area contributed by atoms with Crippen molar-refractivity contribution in [1.29, 1.82) is 0 Å². The van der Waals surface area contributed by atoms with Crippen LogP contribution >= 0.6 is 11.6 Å². The Hall–Kier alpha value is -0.520. The molecule has 1 heterocycles. The summed E-state index contributed by atoms with van der Waals surface area (Å²) in [7, 11) is -2.94. The van der Waals surface area contributed by atoms with Crippen molar-refractivity contribution in [2.75, 3.05) is 12.0 Å². The average molecular weight is 252 g/mol. The molecule has 0 aliphatic heterocycles. The van der Waals surface area contributed by atoms with Crippen molar-refractivity contribution in [3.63, 3.8) is 0 Å². The molecule has 0 aliphatic carbocycles. The summed E-state index contributed by atoms with van der Waals surface area (Å²) in [4.78, 5) is 0. The predicted octanol–water partition coefficient (Wildman–Crippen LogP) is 1.46. The van der Waals surface area contributed by atoms with Crippen molar-refractivity contribution in [1.82, 2.24) is 5.32 Å². The molecule has 0 saturated carbocycles. The predicted molar refractivity (Wildman–Crippen MR) is 59.7 cm³/mol. The van der Waals surface area contributed by atoms with Crippen LogP contribution in [0.4, 0.5) is 0 Å². The molecule has 1 unspecified atom stereocenters. The van der Waals surface area contributed by atoms with Crippen LogP contribution in [0, 0.1) is 0 Å². The van der Waals surface area contributed by atoms with Crippen LogP contribution in [0.5, 0.6) is 0 Å². The Balaban J connectivity index is 2.37. The number of halogens is 1. The van der Waals surface area contributed by atoms with Crippen molar-refractivity contribution < 1.29 is 12.8 Å². The van der Waals surface area contributed by atoms with Gasteiger partial charge in [0.15, 0.2) is 5.22 Å². The van der Waals surface area contributed by atoms with Crippen LogP contribution in [0.25, 0.3) is 0 Å². The van der Waals surface area contributed by atoms with Crippen molar-refractivity contribution >= 4 is 21.4 Å². The van der Waals surface area contributed by atoms with Crippen molar-refractivity contribution in [3.8, 4) is 0 Å². The highest BCUT2D eigenvalue weighted by Crippen LogP contribution is 2.12. The minimum Gasteiger partial charge on any atom is -0.448 e. The SMILES string of the molecule is CC(CS(C)(=O)=O)NCc1ccc(Cl)o1. The molecule has 86 valence electrons. The summed E-state index contributed by atoms with van der Waals surface area (Å²) in [6.07, 6.45) is 1.22. The van der Waals surface area contributed by atoms with Crippen LogP contribution in [0.2, 0.25) is 5.22 Å². The molecular formula is C9H14ClNO3S. The van der Waals surface area contributed by atoms with E-state index in [-0.39, 0.29) is 11.8 Å². The summed E-state index contributed by atoms with van der Waals surface area (Å²) in [5.41, 5.74) is 0. The Labute approximate surface area is 94.5 Å². The first-order valence-corrected chi connectivity index (χ1v) is 6.96. The van der Waals surface area contributed by atoms with Crippen LogP contribution in [-0.2, 0) is 16.4 Å². The van der Waals surface area contributed by atoms with Crippen molar-refractivity contribution in [2.45, 2.75) is 19.5 Å². The fourth-order valence-corrected chi connectivity index (χ4v) is 2.42. The van der Waals surface area contributed by atoms with Gasteiger partial charge in [-0.05, 0) is 30.7 Å². The van der Waals surface area contributed by atoms with E-state index < -0.39 is 9.84 Å². The zero-order valence-electron chi connectivity index (χ0n) is 8.66. The highest BCUT2D eigenvalue weighted by atomic mass is 35.5. The summed E-state index contributed by atoms with van der Waals surface area (Å²) in [6.45, 7) is 2.29. The largest absolute Gasteiger partial charge is 0.448 e. The maximum atomic E-state index is 11.0. The van der Waals surface area contributed by atoms with Gasteiger partial charge in [-0.2, -0.15) is 0 Å². The van der Waals surface area contributed by atoms with Crippen LogP contribution in [-0.4, -0.2) is 26.5 Å². The van der Waals surface area contributed by atoms with Crippen LogP contribution in [0.15, 0.2) is 16.5 Å². The Bertz CT molecular complexity index is 413. The highest BCUT2D eigenvalue weighted by molar-refractivity contribution is 7.90. The molecule has 0 radical (unpaired) electrons. The average Bonchev–Trinajstić information content (AvgIpc) is 2.45. The van der Waals surface area contributed by atoms with Crippen molar-refractivity contribution in [3.05, 3.63) is 23.1 Å². The van der Waals surface area contributed by atoms with Gasteiger partial charge < -0.3 is 9.73 Å². The van der Waals surface area contributed by atoms with Gasteiger partial charge in [0.2, 0.25) is 0 Å². The summed E-state index contributed by atoms with van der Waals surface area (Å²) in [5, 5.41) is 3.37. The monoisotopic (exact) mass is 251 g/mol. The molecule has 0 fully saturated rings. The molecule has 1 aromatic heterocycles. The molecule has 0 amide bonds. The zero-order valence-corrected chi connectivity index (χ0v) is 10.2. The number of nitrogens with one attached hydrogen (secondary N) is 1. The maximum Gasteiger partial charge on any atom is 0.193 e. The first-order valence-electron chi connectivity index (χ1n) is 4.52. The van der Waals surface area contributed by atoms with Gasteiger partial charge in [-0.1, -0.05) is 0 Å². The maximum absolute atomic E-state index is 11.0. The minimum atomic E-state index is -2.94. The fraction of sp³-hybridized carbons (Fsp3) is 0.556. The summed E-state index contributed by atoms with van der Waals surface area (Å²) >= 11 is 5.59. The highest BCUT2D eigenvalue weighted by Gasteiger charge is 2.10. The first kappa shape index (κ1) is 12.5. The van der Waals surface area contributed by atoms with Crippen LogP contribution < -0.4 is 5.32 Å². The van der Waals surface area contributed by atoms with Gasteiger partial charge in [0.25, 0.3) is 0 Å². The molecule has 1 rings (SSSR count). The molecule has 0 spiro atoms. The summed E-state index contributed by atoms with van der Waals surface area (Å²) < 4.78 is 27.1. The lowest BCUT2D eigenvalue weighted by atomic mass is 10.3. The van der Waals surface area contributed by atoms with Gasteiger partial charge in [0, 0.05) is 12.3 Å². The zero-order chi connectivity index (χ0) is 11.5. The van der Waals surface area contributed by atoms with Gasteiger partial charge >= 0.3 is 0 Å². The van der Waals surface area contributed by atoms with Crippen LogP contribution in [0.3, 0.4) is 0 Å². The standard InChI is InChI=1S/C9H14ClNO3S/c1-7(6-15(2,12)13)11-5-8-3-4-9(10)14-8/h3-4,7,11H,5-6H2,1-2H3. The quantitative estimate of drug-likeness (QED) is 0.861. The Morgan fingerprint density at radius 1 is 1.53 bits per heavy atom. The fourth-order valence-electron chi connectivity index (χ4n) is 1.23. The Morgan fingerprint density at radius 2 is 2.20 bits per heavy atom. The van der Waals surface area contributed by atoms with Gasteiger partial charge in [0.05, 0.1) is 12.3 Å².